The molecule has 8 heteroatoms. The summed E-state index contributed by atoms with van der Waals surface area (Å²) in [5, 5.41) is 22.4. The molecule has 1 unspecified atom stereocenters. The van der Waals surface area contributed by atoms with Gasteiger partial charge in [-0.3, -0.25) is 19.7 Å². The maximum Gasteiger partial charge on any atom is 0.303 e. The van der Waals surface area contributed by atoms with Crippen LogP contribution in [0.25, 0.3) is 0 Å². The number of aliphatic carboxylic acids is 1. The molecule has 0 saturated carbocycles. The van der Waals surface area contributed by atoms with Crippen molar-refractivity contribution in [3.8, 4) is 0 Å². The van der Waals surface area contributed by atoms with E-state index in [0.717, 1.165) is 0 Å². The van der Waals surface area contributed by atoms with E-state index in [0.29, 0.717) is 13.0 Å². The second kappa shape index (κ2) is 7.22. The number of hydrogen-bond acceptors (Lipinski definition) is 5. The van der Waals surface area contributed by atoms with Gasteiger partial charge in [-0.1, -0.05) is 6.92 Å². The minimum absolute atomic E-state index is 0.0120. The third kappa shape index (κ3) is 5.09. The van der Waals surface area contributed by atoms with Crippen LogP contribution >= 0.6 is 0 Å². The van der Waals surface area contributed by atoms with Crippen LogP contribution in [0, 0.1) is 16.0 Å². The molecule has 1 aromatic rings. The first kappa shape index (κ1) is 16.4. The molecule has 0 heterocycles. The Kier molecular flexibility index (Phi) is 5.65. The number of benzene rings is 1. The summed E-state index contributed by atoms with van der Waals surface area (Å²) in [6.07, 6.45) is 0.484. The Morgan fingerprint density at radius 3 is 2.67 bits per heavy atom. The van der Waals surface area contributed by atoms with Gasteiger partial charge in [0.05, 0.1) is 4.92 Å². The molecule has 21 heavy (non-hydrogen) atoms. The summed E-state index contributed by atoms with van der Waals surface area (Å²) in [6.45, 7) is 2.19. The number of nitrogens with two attached hydrogens (primary N) is 1. The molecule has 1 amide bonds. The van der Waals surface area contributed by atoms with E-state index in [9.17, 15) is 19.7 Å². The summed E-state index contributed by atoms with van der Waals surface area (Å²) in [5.74, 6) is -1.55. The minimum atomic E-state index is -0.886. The van der Waals surface area contributed by atoms with Crippen LogP contribution in [0.2, 0.25) is 0 Å². The fraction of sp³-hybridized carbons (Fsp3) is 0.385. The highest BCUT2D eigenvalue weighted by atomic mass is 16.6. The summed E-state index contributed by atoms with van der Waals surface area (Å²) < 4.78 is 0. The zero-order valence-electron chi connectivity index (χ0n) is 11.5. The summed E-state index contributed by atoms with van der Waals surface area (Å²) in [6, 6.07) is 3.83. The minimum Gasteiger partial charge on any atom is -0.481 e. The molecule has 8 nitrogen and oxygen atoms in total. The summed E-state index contributed by atoms with van der Waals surface area (Å²) in [5.41, 5.74) is 5.34. The lowest BCUT2D eigenvalue weighted by Gasteiger charge is -2.13. The van der Waals surface area contributed by atoms with Gasteiger partial charge in [-0.2, -0.15) is 0 Å². The Labute approximate surface area is 121 Å². The van der Waals surface area contributed by atoms with E-state index in [1.54, 1.807) is 0 Å². The fourth-order valence-corrected chi connectivity index (χ4v) is 1.75. The maximum absolute atomic E-state index is 11.1. The van der Waals surface area contributed by atoms with E-state index in [-0.39, 0.29) is 29.3 Å². The largest absolute Gasteiger partial charge is 0.481 e. The lowest BCUT2D eigenvalue weighted by molar-refractivity contribution is -0.384. The van der Waals surface area contributed by atoms with E-state index < -0.39 is 16.8 Å². The molecule has 0 saturated heterocycles. The number of nitro benzene ring substituents is 1. The second-order valence-electron chi connectivity index (χ2n) is 4.77. The molecule has 0 aromatic heterocycles. The van der Waals surface area contributed by atoms with Crippen molar-refractivity contribution in [2.24, 2.45) is 11.7 Å². The zero-order chi connectivity index (χ0) is 16.0. The monoisotopic (exact) mass is 295 g/mol. The van der Waals surface area contributed by atoms with Gasteiger partial charge in [0.1, 0.15) is 5.69 Å². The van der Waals surface area contributed by atoms with Gasteiger partial charge in [0.25, 0.3) is 5.69 Å². The Hall–Kier alpha value is -2.64. The number of nitrogens with zero attached hydrogens (tertiary/aromatic N) is 1. The molecule has 4 N–H and O–H groups in total. The summed E-state index contributed by atoms with van der Waals surface area (Å²) in [4.78, 5) is 32.0. The highest BCUT2D eigenvalue weighted by Gasteiger charge is 2.16. The van der Waals surface area contributed by atoms with E-state index in [4.69, 9.17) is 10.8 Å². The fourth-order valence-electron chi connectivity index (χ4n) is 1.75. The van der Waals surface area contributed by atoms with Crippen molar-refractivity contribution in [1.29, 1.82) is 0 Å². The van der Waals surface area contributed by atoms with Crippen molar-refractivity contribution in [2.75, 3.05) is 11.9 Å². The first-order valence-electron chi connectivity index (χ1n) is 6.35. The molecule has 0 bridgehead atoms. The van der Waals surface area contributed by atoms with Crippen LogP contribution < -0.4 is 11.1 Å². The predicted octanol–water partition coefficient (Wildman–Crippen LogP) is 1.61. The van der Waals surface area contributed by atoms with Crippen LogP contribution in [0.5, 0.6) is 0 Å². The average Bonchev–Trinajstić information content (AvgIpc) is 2.42. The second-order valence-corrected chi connectivity index (χ2v) is 4.77. The number of anilines is 1. The number of carbonyl (C=O) groups is 2. The van der Waals surface area contributed by atoms with Crippen LogP contribution in [-0.2, 0) is 4.79 Å². The van der Waals surface area contributed by atoms with Gasteiger partial charge >= 0.3 is 5.97 Å². The van der Waals surface area contributed by atoms with E-state index >= 15 is 0 Å². The van der Waals surface area contributed by atoms with Gasteiger partial charge in [-0.05, 0) is 24.5 Å². The van der Waals surface area contributed by atoms with Gasteiger partial charge in [-0.15, -0.1) is 0 Å². The Balaban J connectivity index is 2.80. The number of primary amides is 1. The molecular formula is C13H17N3O5. The Morgan fingerprint density at radius 1 is 1.48 bits per heavy atom. The number of carbonyl (C=O) groups excluding carboxylic acids is 1. The molecule has 0 spiro atoms. The van der Waals surface area contributed by atoms with E-state index in [1.807, 2.05) is 6.92 Å². The molecule has 114 valence electrons. The molecule has 1 atom stereocenters. The number of carboxylic acid groups (broad SMARTS) is 1. The molecule has 0 aliphatic carbocycles. The topological polar surface area (TPSA) is 136 Å². The quantitative estimate of drug-likeness (QED) is 0.492. The van der Waals surface area contributed by atoms with Crippen LogP contribution in [0.3, 0.4) is 0 Å². The number of amides is 1. The third-order valence-electron chi connectivity index (χ3n) is 2.97. The van der Waals surface area contributed by atoms with Crippen LogP contribution in [0.4, 0.5) is 11.4 Å². The van der Waals surface area contributed by atoms with Crippen molar-refractivity contribution in [3.05, 3.63) is 33.9 Å². The van der Waals surface area contributed by atoms with Gasteiger partial charge < -0.3 is 16.2 Å². The standard InChI is InChI=1S/C13H17N3O5/c1-8(2-5-12(17)18)7-15-10-6-9(13(14)19)3-4-11(10)16(20)21/h3-4,6,8,15H,2,5,7H2,1H3,(H2,14,19)(H,17,18). The molecule has 1 rings (SSSR count). The van der Waals surface area contributed by atoms with Gasteiger partial charge in [-0.25, -0.2) is 0 Å². The first-order chi connectivity index (χ1) is 9.81. The lowest BCUT2D eigenvalue weighted by atomic mass is 10.1. The molecular weight excluding hydrogens is 278 g/mol. The van der Waals surface area contributed by atoms with Gasteiger partial charge in [0, 0.05) is 24.6 Å². The van der Waals surface area contributed by atoms with Crippen LogP contribution in [-0.4, -0.2) is 28.5 Å². The summed E-state index contributed by atoms with van der Waals surface area (Å²) >= 11 is 0. The highest BCUT2D eigenvalue weighted by Crippen LogP contribution is 2.25. The Bertz CT molecular complexity index is 559. The molecule has 0 aliphatic rings. The van der Waals surface area contributed by atoms with Crippen molar-refractivity contribution in [3.63, 3.8) is 0 Å². The van der Waals surface area contributed by atoms with Crippen molar-refractivity contribution in [2.45, 2.75) is 19.8 Å². The van der Waals surface area contributed by atoms with Crippen LogP contribution in [0.1, 0.15) is 30.1 Å². The molecule has 0 aliphatic heterocycles. The number of hydrogen-bond donors (Lipinski definition) is 3. The molecule has 1 aromatic carbocycles. The lowest BCUT2D eigenvalue weighted by Crippen LogP contribution is -2.15. The first-order valence-corrected chi connectivity index (χ1v) is 6.35. The third-order valence-corrected chi connectivity index (χ3v) is 2.97. The van der Waals surface area contributed by atoms with E-state index in [2.05, 4.69) is 5.32 Å². The zero-order valence-corrected chi connectivity index (χ0v) is 11.5. The number of nitro groups is 1. The number of carboxylic acids is 1. The van der Waals surface area contributed by atoms with Gasteiger partial charge in [0.15, 0.2) is 0 Å². The molecule has 0 fully saturated rings. The molecule has 0 radical (unpaired) electrons. The van der Waals surface area contributed by atoms with Crippen LogP contribution in [0.15, 0.2) is 18.2 Å². The predicted molar refractivity (Wildman–Crippen MR) is 76.1 cm³/mol. The summed E-state index contributed by atoms with van der Waals surface area (Å²) in [7, 11) is 0. The smallest absolute Gasteiger partial charge is 0.303 e. The van der Waals surface area contributed by atoms with Gasteiger partial charge in [0.2, 0.25) is 5.91 Å². The average molecular weight is 295 g/mol. The van der Waals surface area contributed by atoms with Crippen molar-refractivity contribution >= 4 is 23.3 Å². The normalized spacial score (nSPS) is 11.7. The van der Waals surface area contributed by atoms with Crippen molar-refractivity contribution in [1.82, 2.24) is 0 Å². The Morgan fingerprint density at radius 2 is 2.14 bits per heavy atom. The van der Waals surface area contributed by atoms with Crippen molar-refractivity contribution < 1.29 is 19.6 Å². The van der Waals surface area contributed by atoms with E-state index in [1.165, 1.54) is 18.2 Å². The SMILES string of the molecule is CC(CCC(=O)O)CNc1cc(C(N)=O)ccc1[N+](=O)[O-]. The maximum atomic E-state index is 11.1. The number of nitrogens with one attached hydrogen (secondary N) is 1. The highest BCUT2D eigenvalue weighted by molar-refractivity contribution is 5.94. The number of rotatable bonds is 8.